The molecule has 2 atom stereocenters. The summed E-state index contributed by atoms with van der Waals surface area (Å²) in [4.78, 5) is 13.4. The van der Waals surface area contributed by atoms with Gasteiger partial charge in [-0.15, -0.1) is 0 Å². The summed E-state index contributed by atoms with van der Waals surface area (Å²) >= 11 is 6.18. The predicted octanol–water partition coefficient (Wildman–Crippen LogP) is 4.67. The summed E-state index contributed by atoms with van der Waals surface area (Å²) in [5, 5.41) is 3.36. The molecule has 3 aromatic carbocycles. The Labute approximate surface area is 216 Å². The Morgan fingerprint density at radius 3 is 2.58 bits per heavy atom. The number of nitrogens with one attached hydrogen (secondary N) is 1. The van der Waals surface area contributed by atoms with Gasteiger partial charge in [0.2, 0.25) is 0 Å². The van der Waals surface area contributed by atoms with Crippen LogP contribution in [0.1, 0.15) is 36.1 Å². The molecule has 0 saturated carbocycles. The third-order valence-corrected chi connectivity index (χ3v) is 8.74. The summed E-state index contributed by atoms with van der Waals surface area (Å²) in [7, 11) is -2.50. The van der Waals surface area contributed by atoms with Gasteiger partial charge in [0.15, 0.2) is 6.10 Å². The number of halogens is 1. The van der Waals surface area contributed by atoms with Crippen molar-refractivity contribution in [1.29, 1.82) is 0 Å². The Bertz CT molecular complexity index is 1410. The highest BCUT2D eigenvalue weighted by Crippen LogP contribution is 2.39. The van der Waals surface area contributed by atoms with E-state index in [0.29, 0.717) is 10.8 Å². The van der Waals surface area contributed by atoms with Crippen molar-refractivity contribution in [2.45, 2.75) is 43.2 Å². The van der Waals surface area contributed by atoms with Crippen LogP contribution in [0.5, 0.6) is 11.5 Å². The number of amides is 1. The van der Waals surface area contributed by atoms with Gasteiger partial charge in [0, 0.05) is 5.02 Å². The maximum atomic E-state index is 13.6. The van der Waals surface area contributed by atoms with Crippen LogP contribution in [0.3, 0.4) is 0 Å². The smallest absolute Gasteiger partial charge is 0.264 e. The third kappa shape index (κ3) is 4.63. The summed E-state index contributed by atoms with van der Waals surface area (Å²) in [6.45, 7) is 1.72. The van der Waals surface area contributed by atoms with Crippen LogP contribution in [0.25, 0.3) is 0 Å². The molecule has 188 valence electrons. The van der Waals surface area contributed by atoms with Gasteiger partial charge in [0.25, 0.3) is 15.9 Å². The van der Waals surface area contributed by atoms with Crippen molar-refractivity contribution in [1.82, 2.24) is 5.32 Å². The average Bonchev–Trinajstić information content (AvgIpc) is 3.36. The lowest BCUT2D eigenvalue weighted by atomic mass is 10.0. The minimum Gasteiger partial charge on any atom is -0.497 e. The molecule has 2 aliphatic rings. The van der Waals surface area contributed by atoms with Crippen LogP contribution < -0.4 is 19.1 Å². The molecule has 0 radical (unpaired) electrons. The molecule has 1 aliphatic heterocycles. The van der Waals surface area contributed by atoms with E-state index in [9.17, 15) is 13.2 Å². The van der Waals surface area contributed by atoms with Crippen LogP contribution in [0, 0.1) is 0 Å². The minimum atomic E-state index is -4.01. The lowest BCUT2D eigenvalue weighted by molar-refractivity contribution is -0.128. The molecule has 0 unspecified atom stereocenters. The Hall–Kier alpha value is -3.23. The number of carbonyl (C=O) groups is 1. The minimum absolute atomic E-state index is 0.0711. The first-order chi connectivity index (χ1) is 17.3. The second-order valence-corrected chi connectivity index (χ2v) is 11.3. The molecule has 3 aromatic rings. The van der Waals surface area contributed by atoms with Gasteiger partial charge in [-0.3, -0.25) is 9.10 Å². The van der Waals surface area contributed by atoms with Crippen LogP contribution in [0.4, 0.5) is 5.69 Å². The molecule has 0 spiro atoms. The highest BCUT2D eigenvalue weighted by Gasteiger charge is 2.38. The second kappa shape index (κ2) is 9.67. The average molecular weight is 527 g/mol. The van der Waals surface area contributed by atoms with E-state index >= 15 is 0 Å². The van der Waals surface area contributed by atoms with E-state index in [1.165, 1.54) is 40.7 Å². The molecule has 1 amide bonds. The standard InChI is InChI=1S/C27H27ClN2O5S/c1-17(19-7-6-18-4-3-5-20(18)14-19)29-27(31)26-16-30(24-15-21(28)8-13-25(24)35-26)36(32,33)23-11-9-22(34-2)10-12-23/h6-15,17,26H,3-5,16H2,1-2H3,(H,29,31)/t17-,26+/m0/s1. The number of rotatable bonds is 6. The van der Waals surface area contributed by atoms with Crippen molar-refractivity contribution < 1.29 is 22.7 Å². The second-order valence-electron chi connectivity index (χ2n) is 9.04. The summed E-state index contributed by atoms with van der Waals surface area (Å²) < 4.78 is 39.6. The van der Waals surface area contributed by atoms with Crippen LogP contribution in [-0.2, 0) is 27.7 Å². The molecule has 36 heavy (non-hydrogen) atoms. The Morgan fingerprint density at radius 1 is 1.08 bits per heavy atom. The zero-order valence-corrected chi connectivity index (χ0v) is 21.6. The maximum Gasteiger partial charge on any atom is 0.264 e. The molecule has 7 nitrogen and oxygen atoms in total. The number of aryl methyl sites for hydroxylation is 2. The van der Waals surface area contributed by atoms with Gasteiger partial charge >= 0.3 is 0 Å². The van der Waals surface area contributed by atoms with Crippen LogP contribution in [-0.4, -0.2) is 34.1 Å². The van der Waals surface area contributed by atoms with E-state index in [1.807, 2.05) is 13.0 Å². The number of hydrogen-bond acceptors (Lipinski definition) is 5. The fourth-order valence-corrected chi connectivity index (χ4v) is 6.35. The molecular weight excluding hydrogens is 500 g/mol. The molecule has 0 fully saturated rings. The monoisotopic (exact) mass is 526 g/mol. The number of nitrogens with zero attached hydrogens (tertiary/aromatic N) is 1. The number of hydrogen-bond donors (Lipinski definition) is 1. The molecule has 9 heteroatoms. The van der Waals surface area contributed by atoms with Gasteiger partial charge in [0.1, 0.15) is 11.5 Å². The Morgan fingerprint density at radius 2 is 1.83 bits per heavy atom. The van der Waals surface area contributed by atoms with Gasteiger partial charge in [-0.25, -0.2) is 8.42 Å². The summed E-state index contributed by atoms with van der Waals surface area (Å²) in [6, 6.07) is 16.9. The molecule has 0 saturated heterocycles. The normalized spacial score (nSPS) is 17.5. The van der Waals surface area contributed by atoms with Crippen molar-refractivity contribution in [3.8, 4) is 11.5 Å². The first kappa shape index (κ1) is 24.5. The first-order valence-corrected chi connectivity index (χ1v) is 13.6. The molecule has 1 N–H and O–H groups in total. The Balaban J connectivity index is 1.41. The van der Waals surface area contributed by atoms with Crippen molar-refractivity contribution in [3.63, 3.8) is 0 Å². The molecule has 1 heterocycles. The van der Waals surface area contributed by atoms with Crippen molar-refractivity contribution in [2.24, 2.45) is 0 Å². The quantitative estimate of drug-likeness (QED) is 0.504. The first-order valence-electron chi connectivity index (χ1n) is 11.8. The highest BCUT2D eigenvalue weighted by molar-refractivity contribution is 7.92. The lowest BCUT2D eigenvalue weighted by Crippen LogP contribution is -2.51. The SMILES string of the molecule is COc1ccc(S(=O)(=O)N2C[C@H](C(=O)N[C@@H](C)c3ccc4c(c3)CCC4)Oc3ccc(Cl)cc32)cc1. The van der Waals surface area contributed by atoms with Crippen molar-refractivity contribution in [2.75, 3.05) is 18.0 Å². The molecule has 1 aliphatic carbocycles. The number of sulfonamides is 1. The maximum absolute atomic E-state index is 13.6. The molecule has 0 bridgehead atoms. The van der Waals surface area contributed by atoms with E-state index in [1.54, 1.807) is 24.3 Å². The Kier molecular flexibility index (Phi) is 6.57. The number of methoxy groups -OCH3 is 1. The summed E-state index contributed by atoms with van der Waals surface area (Å²) in [5.41, 5.74) is 3.98. The van der Waals surface area contributed by atoms with Gasteiger partial charge in [-0.1, -0.05) is 29.8 Å². The van der Waals surface area contributed by atoms with E-state index in [4.69, 9.17) is 21.1 Å². The topological polar surface area (TPSA) is 84.9 Å². The molecular formula is C27H27ClN2O5S. The number of carbonyl (C=O) groups excluding carboxylic acids is 1. The third-order valence-electron chi connectivity index (χ3n) is 6.71. The lowest BCUT2D eigenvalue weighted by Gasteiger charge is -2.35. The molecule has 5 rings (SSSR count). The van der Waals surface area contributed by atoms with Gasteiger partial charge in [-0.2, -0.15) is 0 Å². The number of fused-ring (bicyclic) bond motifs is 2. The highest BCUT2D eigenvalue weighted by atomic mass is 35.5. The van der Waals surface area contributed by atoms with E-state index in [2.05, 4.69) is 17.4 Å². The number of anilines is 1. The van der Waals surface area contributed by atoms with Crippen LogP contribution in [0.2, 0.25) is 5.02 Å². The predicted molar refractivity (Wildman–Crippen MR) is 138 cm³/mol. The zero-order valence-electron chi connectivity index (χ0n) is 20.0. The van der Waals surface area contributed by atoms with E-state index in [-0.39, 0.29) is 28.9 Å². The van der Waals surface area contributed by atoms with Crippen LogP contribution >= 0.6 is 11.6 Å². The number of ether oxygens (including phenoxy) is 2. The fourth-order valence-electron chi connectivity index (χ4n) is 4.71. The van der Waals surface area contributed by atoms with Gasteiger partial charge < -0.3 is 14.8 Å². The van der Waals surface area contributed by atoms with Gasteiger partial charge in [0.05, 0.1) is 30.3 Å². The fraction of sp³-hybridized carbons (Fsp3) is 0.296. The van der Waals surface area contributed by atoms with Crippen molar-refractivity contribution >= 4 is 33.2 Å². The summed E-state index contributed by atoms with van der Waals surface area (Å²) in [5.74, 6) is 0.420. The summed E-state index contributed by atoms with van der Waals surface area (Å²) in [6.07, 6.45) is 2.25. The van der Waals surface area contributed by atoms with Crippen molar-refractivity contribution in [3.05, 3.63) is 82.4 Å². The largest absolute Gasteiger partial charge is 0.497 e. The van der Waals surface area contributed by atoms with Crippen LogP contribution in [0.15, 0.2) is 65.6 Å². The van der Waals surface area contributed by atoms with E-state index < -0.39 is 22.0 Å². The molecule has 0 aromatic heterocycles. The van der Waals surface area contributed by atoms with Gasteiger partial charge in [-0.05, 0) is 85.3 Å². The number of benzene rings is 3. The zero-order chi connectivity index (χ0) is 25.4. The van der Waals surface area contributed by atoms with E-state index in [0.717, 1.165) is 24.8 Å².